The SMILES string of the molecule is Cn1c(=O)n(C2CCC(=O)NC2=O)c2ccc(N3CCC4(CC3)CN(C(=O)O)C4C(C)(C)C)cc21. The monoisotopic (exact) mass is 483 g/mol. The molecule has 5 rings (SSSR count). The lowest BCUT2D eigenvalue weighted by atomic mass is 9.58. The number of nitrogens with zero attached hydrogens (tertiary/aromatic N) is 4. The van der Waals surface area contributed by atoms with Gasteiger partial charge in [0.15, 0.2) is 0 Å². The van der Waals surface area contributed by atoms with Crippen LogP contribution < -0.4 is 15.9 Å². The minimum atomic E-state index is -0.843. The van der Waals surface area contributed by atoms with Gasteiger partial charge in [0.1, 0.15) is 6.04 Å². The predicted molar refractivity (Wildman–Crippen MR) is 130 cm³/mol. The van der Waals surface area contributed by atoms with Gasteiger partial charge in [0.05, 0.1) is 11.0 Å². The molecule has 1 aromatic heterocycles. The Hall–Kier alpha value is -3.30. The maximum absolute atomic E-state index is 13.0. The zero-order valence-electron chi connectivity index (χ0n) is 20.7. The predicted octanol–water partition coefficient (Wildman–Crippen LogP) is 2.31. The van der Waals surface area contributed by atoms with Gasteiger partial charge in [0, 0.05) is 50.2 Å². The summed E-state index contributed by atoms with van der Waals surface area (Å²) in [6.45, 7) is 8.55. The number of nitrogens with one attached hydrogen (secondary N) is 1. The van der Waals surface area contributed by atoms with Crippen LogP contribution in [0.25, 0.3) is 11.0 Å². The fourth-order valence-electron chi connectivity index (χ4n) is 6.72. The van der Waals surface area contributed by atoms with E-state index < -0.39 is 18.0 Å². The molecule has 10 nitrogen and oxygen atoms in total. The summed E-state index contributed by atoms with van der Waals surface area (Å²) < 4.78 is 3.05. The van der Waals surface area contributed by atoms with E-state index in [9.17, 15) is 24.3 Å². The van der Waals surface area contributed by atoms with E-state index in [0.717, 1.165) is 37.1 Å². The molecule has 3 amide bonds. The second kappa shape index (κ2) is 7.86. The molecule has 35 heavy (non-hydrogen) atoms. The smallest absolute Gasteiger partial charge is 0.407 e. The normalized spacial score (nSPS) is 24.6. The largest absolute Gasteiger partial charge is 0.465 e. The van der Waals surface area contributed by atoms with Crippen LogP contribution in [0.1, 0.15) is 52.5 Å². The number of carboxylic acid groups (broad SMARTS) is 1. The highest BCUT2D eigenvalue weighted by Gasteiger charge is 2.59. The molecule has 3 fully saturated rings. The van der Waals surface area contributed by atoms with Crippen LogP contribution in [-0.4, -0.2) is 62.7 Å². The molecule has 1 spiro atoms. The number of amides is 3. The van der Waals surface area contributed by atoms with Gasteiger partial charge in [-0.1, -0.05) is 20.8 Å². The first kappa shape index (κ1) is 23.4. The van der Waals surface area contributed by atoms with E-state index in [2.05, 4.69) is 31.0 Å². The molecule has 2 aromatic rings. The third-order valence-electron chi connectivity index (χ3n) is 8.16. The molecule has 4 heterocycles. The Labute approximate surface area is 203 Å². The van der Waals surface area contributed by atoms with Crippen molar-refractivity contribution in [1.82, 2.24) is 19.4 Å². The first-order valence-corrected chi connectivity index (χ1v) is 12.2. The van der Waals surface area contributed by atoms with Crippen molar-refractivity contribution >= 4 is 34.6 Å². The molecule has 0 aliphatic carbocycles. The van der Waals surface area contributed by atoms with Crippen LogP contribution in [0.3, 0.4) is 0 Å². The van der Waals surface area contributed by atoms with Gasteiger partial charge in [-0.25, -0.2) is 9.59 Å². The van der Waals surface area contributed by atoms with Crippen LogP contribution in [0.15, 0.2) is 23.0 Å². The minimum Gasteiger partial charge on any atom is -0.465 e. The number of imide groups is 1. The third-order valence-corrected chi connectivity index (χ3v) is 8.16. The lowest BCUT2D eigenvalue weighted by Crippen LogP contribution is -2.72. The number of anilines is 1. The fourth-order valence-corrected chi connectivity index (χ4v) is 6.72. The molecule has 2 atom stereocenters. The molecular formula is C25H33N5O5. The Morgan fingerprint density at radius 3 is 2.40 bits per heavy atom. The van der Waals surface area contributed by atoms with Crippen molar-refractivity contribution < 1.29 is 19.5 Å². The molecule has 0 saturated carbocycles. The number of hydrogen-bond acceptors (Lipinski definition) is 5. The van der Waals surface area contributed by atoms with Crippen molar-refractivity contribution in [2.45, 2.75) is 58.5 Å². The highest BCUT2D eigenvalue weighted by Crippen LogP contribution is 2.53. The standard InChI is InChI=1S/C25H33N5O5/c1-24(2,3)21-25(14-29(21)23(34)35)9-11-28(12-10-25)15-5-6-16-18(13-15)27(4)22(33)30(16)17-7-8-19(31)26-20(17)32/h5-6,13,17,21H,7-12,14H2,1-4H3,(H,34,35)(H,26,31,32). The second-order valence-corrected chi connectivity index (χ2v) is 11.4. The van der Waals surface area contributed by atoms with E-state index in [1.807, 2.05) is 18.2 Å². The van der Waals surface area contributed by atoms with Crippen molar-refractivity contribution in [1.29, 1.82) is 0 Å². The summed E-state index contributed by atoms with van der Waals surface area (Å²) in [5.41, 5.74) is 2.01. The second-order valence-electron chi connectivity index (χ2n) is 11.4. The summed E-state index contributed by atoms with van der Waals surface area (Å²) in [4.78, 5) is 52.7. The van der Waals surface area contributed by atoms with Crippen LogP contribution in [0.5, 0.6) is 0 Å². The van der Waals surface area contributed by atoms with E-state index in [1.54, 1.807) is 16.5 Å². The number of aromatic nitrogens is 2. The number of fused-ring (bicyclic) bond motifs is 1. The Bertz CT molecular complexity index is 1280. The zero-order chi connectivity index (χ0) is 25.3. The maximum Gasteiger partial charge on any atom is 0.407 e. The van der Waals surface area contributed by atoms with Crippen LogP contribution >= 0.6 is 0 Å². The van der Waals surface area contributed by atoms with Crippen LogP contribution in [0.2, 0.25) is 0 Å². The zero-order valence-corrected chi connectivity index (χ0v) is 20.7. The van der Waals surface area contributed by atoms with Gasteiger partial charge in [-0.2, -0.15) is 0 Å². The number of carbonyl (C=O) groups excluding carboxylic acids is 2. The Kier molecular flexibility index (Phi) is 5.26. The lowest BCUT2D eigenvalue weighted by Gasteiger charge is -2.63. The van der Waals surface area contributed by atoms with Crippen molar-refractivity contribution in [2.75, 3.05) is 24.5 Å². The van der Waals surface area contributed by atoms with E-state index in [4.69, 9.17) is 0 Å². The number of likely N-dealkylation sites (tertiary alicyclic amines) is 1. The third kappa shape index (κ3) is 3.61. The van der Waals surface area contributed by atoms with Crippen molar-refractivity contribution in [2.24, 2.45) is 17.9 Å². The molecule has 3 aliphatic rings. The lowest BCUT2D eigenvalue weighted by molar-refractivity contribution is -0.135. The number of hydrogen-bond donors (Lipinski definition) is 2. The number of piperidine rings is 2. The number of carbonyl (C=O) groups is 3. The van der Waals surface area contributed by atoms with Gasteiger partial charge in [0.2, 0.25) is 11.8 Å². The molecule has 0 bridgehead atoms. The number of benzene rings is 1. The van der Waals surface area contributed by atoms with E-state index in [0.29, 0.717) is 18.5 Å². The highest BCUT2D eigenvalue weighted by atomic mass is 16.4. The molecule has 2 N–H and O–H groups in total. The number of aryl methyl sites for hydroxylation is 1. The first-order valence-electron chi connectivity index (χ1n) is 12.2. The number of rotatable bonds is 2. The van der Waals surface area contributed by atoms with Gasteiger partial charge in [-0.15, -0.1) is 0 Å². The van der Waals surface area contributed by atoms with Crippen LogP contribution in [0, 0.1) is 10.8 Å². The van der Waals surface area contributed by atoms with Gasteiger partial charge in [-0.3, -0.25) is 24.0 Å². The quantitative estimate of drug-likeness (QED) is 0.633. The van der Waals surface area contributed by atoms with Crippen LogP contribution in [-0.2, 0) is 16.6 Å². The highest BCUT2D eigenvalue weighted by molar-refractivity contribution is 6.00. The molecule has 10 heteroatoms. The summed E-state index contributed by atoms with van der Waals surface area (Å²) in [5, 5.41) is 12.0. The molecule has 188 valence electrons. The summed E-state index contributed by atoms with van der Waals surface area (Å²) >= 11 is 0. The first-order chi connectivity index (χ1) is 16.4. The molecule has 1 aromatic carbocycles. The fraction of sp³-hybridized carbons (Fsp3) is 0.600. The Morgan fingerprint density at radius 2 is 1.80 bits per heavy atom. The summed E-state index contributed by atoms with van der Waals surface area (Å²) in [6.07, 6.45) is 1.49. The van der Waals surface area contributed by atoms with Crippen molar-refractivity contribution in [3.63, 3.8) is 0 Å². The van der Waals surface area contributed by atoms with Gasteiger partial charge in [0.25, 0.3) is 0 Å². The van der Waals surface area contributed by atoms with Gasteiger partial charge >= 0.3 is 11.8 Å². The van der Waals surface area contributed by atoms with E-state index in [-0.39, 0.29) is 34.9 Å². The van der Waals surface area contributed by atoms with Crippen LogP contribution in [0.4, 0.5) is 10.5 Å². The van der Waals surface area contributed by atoms with E-state index in [1.165, 1.54) is 4.57 Å². The summed E-state index contributed by atoms with van der Waals surface area (Å²) in [7, 11) is 1.70. The van der Waals surface area contributed by atoms with Crippen molar-refractivity contribution in [3.05, 3.63) is 28.7 Å². The molecular weight excluding hydrogens is 450 g/mol. The summed E-state index contributed by atoms with van der Waals surface area (Å²) in [6, 6.07) is 5.15. The maximum atomic E-state index is 13.0. The average molecular weight is 484 g/mol. The van der Waals surface area contributed by atoms with Gasteiger partial charge < -0.3 is 14.9 Å². The molecule has 3 saturated heterocycles. The average Bonchev–Trinajstić information content (AvgIpc) is 3.01. The van der Waals surface area contributed by atoms with E-state index >= 15 is 0 Å². The molecule has 3 aliphatic heterocycles. The topological polar surface area (TPSA) is 117 Å². The van der Waals surface area contributed by atoms with Gasteiger partial charge in [-0.05, 0) is 42.9 Å². The summed E-state index contributed by atoms with van der Waals surface area (Å²) in [5.74, 6) is -0.748. The Balaban J connectivity index is 1.39. The van der Waals surface area contributed by atoms with Crippen molar-refractivity contribution in [3.8, 4) is 0 Å². The molecule has 2 unspecified atom stereocenters. The number of imidazole rings is 1. The minimum absolute atomic E-state index is 0.000468. The Morgan fingerprint density at radius 1 is 1.11 bits per heavy atom. The molecule has 0 radical (unpaired) electrons.